The highest BCUT2D eigenvalue weighted by Crippen LogP contribution is 2.18. The van der Waals surface area contributed by atoms with Crippen LogP contribution >= 0.6 is 0 Å². The van der Waals surface area contributed by atoms with E-state index in [1.807, 2.05) is 36.4 Å². The highest BCUT2D eigenvalue weighted by Gasteiger charge is 2.08. The van der Waals surface area contributed by atoms with Gasteiger partial charge < -0.3 is 4.74 Å². The van der Waals surface area contributed by atoms with Crippen LogP contribution in [0.4, 0.5) is 0 Å². The summed E-state index contributed by atoms with van der Waals surface area (Å²) < 4.78 is 17.6. The molecule has 0 saturated heterocycles. The van der Waals surface area contributed by atoms with E-state index < -0.39 is 10.8 Å². The van der Waals surface area contributed by atoms with Crippen LogP contribution in [0.15, 0.2) is 59.5 Å². The van der Waals surface area contributed by atoms with Gasteiger partial charge in [0.15, 0.2) is 5.78 Å². The van der Waals surface area contributed by atoms with Gasteiger partial charge >= 0.3 is 0 Å². The molecule has 2 aromatic rings. The summed E-state index contributed by atoms with van der Waals surface area (Å²) >= 11 is 0. The molecule has 0 aliphatic heterocycles. The minimum atomic E-state index is -1.08. The molecule has 0 aliphatic rings. The van der Waals surface area contributed by atoms with Crippen molar-refractivity contribution in [2.24, 2.45) is 0 Å². The number of carbonyl (C=O) groups is 1. The van der Waals surface area contributed by atoms with Crippen LogP contribution in [-0.2, 0) is 10.8 Å². The molecule has 0 N–H and O–H groups in total. The summed E-state index contributed by atoms with van der Waals surface area (Å²) in [5.41, 5.74) is 0.554. The van der Waals surface area contributed by atoms with Gasteiger partial charge in [0.2, 0.25) is 0 Å². The molecular formula is C16H16O3S. The summed E-state index contributed by atoms with van der Waals surface area (Å²) in [7, 11) is -1.08. The minimum absolute atomic E-state index is 0.0372. The van der Waals surface area contributed by atoms with Gasteiger partial charge in [-0.2, -0.15) is 0 Å². The van der Waals surface area contributed by atoms with Crippen molar-refractivity contribution in [3.05, 3.63) is 60.2 Å². The largest absolute Gasteiger partial charge is 0.492 e. The molecule has 4 heteroatoms. The number of hydrogen-bond donors (Lipinski definition) is 0. The Hall–Kier alpha value is -1.94. The lowest BCUT2D eigenvalue weighted by Gasteiger charge is -2.09. The summed E-state index contributed by atoms with van der Waals surface area (Å²) in [5, 5.41) is 0. The van der Waals surface area contributed by atoms with Crippen LogP contribution in [-0.4, -0.2) is 22.4 Å². The molecule has 1 atom stereocenters. The lowest BCUT2D eigenvalue weighted by molar-refractivity contribution is 0.101. The Kier molecular flexibility index (Phi) is 5.07. The molecule has 0 aliphatic carbocycles. The average Bonchev–Trinajstić information content (AvgIpc) is 2.48. The molecule has 0 heterocycles. The predicted octanol–water partition coefficient (Wildman–Crippen LogP) is 3.08. The van der Waals surface area contributed by atoms with E-state index in [-0.39, 0.29) is 5.78 Å². The summed E-state index contributed by atoms with van der Waals surface area (Å²) in [6.45, 7) is 1.82. The number of ketones is 1. The Morgan fingerprint density at radius 2 is 1.70 bits per heavy atom. The maximum absolute atomic E-state index is 12.0. The van der Waals surface area contributed by atoms with Crippen LogP contribution < -0.4 is 4.74 Å². The first-order valence-electron chi connectivity index (χ1n) is 6.34. The maximum Gasteiger partial charge on any atom is 0.163 e. The van der Waals surface area contributed by atoms with E-state index in [4.69, 9.17) is 4.74 Å². The molecule has 2 rings (SSSR count). The van der Waals surface area contributed by atoms with Crippen LogP contribution in [0.1, 0.15) is 17.3 Å². The second-order valence-corrected chi connectivity index (χ2v) is 5.83. The summed E-state index contributed by atoms with van der Waals surface area (Å²) in [5.74, 6) is 0.908. The fourth-order valence-corrected chi connectivity index (χ4v) is 2.73. The molecule has 104 valence electrons. The molecule has 0 amide bonds. The Balaban J connectivity index is 1.94. The number of carbonyl (C=O) groups excluding carboxylic acids is 1. The number of benzene rings is 2. The predicted molar refractivity (Wildman–Crippen MR) is 79.7 cm³/mol. The molecular weight excluding hydrogens is 272 g/mol. The van der Waals surface area contributed by atoms with Crippen molar-refractivity contribution < 1.29 is 13.7 Å². The quantitative estimate of drug-likeness (QED) is 0.767. The number of hydrogen-bond acceptors (Lipinski definition) is 3. The van der Waals surface area contributed by atoms with Crippen LogP contribution in [0.5, 0.6) is 5.75 Å². The van der Waals surface area contributed by atoms with Crippen molar-refractivity contribution in [2.75, 3.05) is 12.4 Å². The van der Waals surface area contributed by atoms with E-state index in [0.717, 1.165) is 4.90 Å². The molecule has 0 fully saturated rings. The fourth-order valence-electron chi connectivity index (χ4n) is 1.80. The van der Waals surface area contributed by atoms with E-state index in [2.05, 4.69) is 0 Å². The first-order valence-corrected chi connectivity index (χ1v) is 7.66. The topological polar surface area (TPSA) is 43.4 Å². The smallest absolute Gasteiger partial charge is 0.163 e. The Labute approximate surface area is 121 Å². The Morgan fingerprint density at radius 1 is 1.05 bits per heavy atom. The lowest BCUT2D eigenvalue weighted by atomic mass is 10.1. The standard InChI is InChI=1S/C16H16O3S/c1-13(17)15-9-5-6-10-16(15)19-11-12-20(18)14-7-3-2-4-8-14/h2-10H,11-12H2,1H3. The van der Waals surface area contributed by atoms with E-state index in [0.29, 0.717) is 23.7 Å². The molecule has 0 bridgehead atoms. The monoisotopic (exact) mass is 288 g/mol. The Morgan fingerprint density at radius 3 is 2.40 bits per heavy atom. The Bertz CT molecular complexity index is 608. The third-order valence-corrected chi connectivity index (χ3v) is 4.13. The number of rotatable bonds is 6. The second kappa shape index (κ2) is 7.01. The molecule has 3 nitrogen and oxygen atoms in total. The first kappa shape index (κ1) is 14.5. The molecule has 0 saturated carbocycles. The molecule has 0 radical (unpaired) electrons. The first-order chi connectivity index (χ1) is 9.68. The van der Waals surface area contributed by atoms with Gasteiger partial charge in [-0.1, -0.05) is 30.3 Å². The third-order valence-electron chi connectivity index (χ3n) is 2.80. The average molecular weight is 288 g/mol. The summed E-state index contributed by atoms with van der Waals surface area (Å²) in [6, 6.07) is 16.4. The number of Topliss-reactive ketones (excluding diaryl/α,β-unsaturated/α-hetero) is 1. The van der Waals surface area contributed by atoms with Crippen molar-refractivity contribution in [3.8, 4) is 5.75 Å². The SMILES string of the molecule is CC(=O)c1ccccc1OCCS(=O)c1ccccc1. The summed E-state index contributed by atoms with van der Waals surface area (Å²) in [4.78, 5) is 12.2. The van der Waals surface area contributed by atoms with E-state index >= 15 is 0 Å². The molecule has 1 unspecified atom stereocenters. The van der Waals surface area contributed by atoms with E-state index in [9.17, 15) is 9.00 Å². The lowest BCUT2D eigenvalue weighted by Crippen LogP contribution is -2.10. The van der Waals surface area contributed by atoms with Crippen molar-refractivity contribution in [1.29, 1.82) is 0 Å². The van der Waals surface area contributed by atoms with Gasteiger partial charge in [-0.3, -0.25) is 9.00 Å². The zero-order valence-corrected chi connectivity index (χ0v) is 12.1. The van der Waals surface area contributed by atoms with Gasteiger partial charge in [0, 0.05) is 4.90 Å². The van der Waals surface area contributed by atoms with Crippen LogP contribution in [0.25, 0.3) is 0 Å². The fraction of sp³-hybridized carbons (Fsp3) is 0.188. The summed E-state index contributed by atoms with van der Waals surface area (Å²) in [6.07, 6.45) is 0. The molecule has 0 aromatic heterocycles. The van der Waals surface area contributed by atoms with E-state index in [1.54, 1.807) is 18.2 Å². The van der Waals surface area contributed by atoms with Crippen LogP contribution in [0.2, 0.25) is 0 Å². The second-order valence-electron chi connectivity index (χ2n) is 4.26. The normalized spacial score (nSPS) is 11.8. The van der Waals surface area contributed by atoms with Gasteiger partial charge in [-0.15, -0.1) is 0 Å². The zero-order chi connectivity index (χ0) is 14.4. The number of para-hydroxylation sites is 1. The molecule has 20 heavy (non-hydrogen) atoms. The maximum atomic E-state index is 12.0. The van der Waals surface area contributed by atoms with Gasteiger partial charge in [-0.25, -0.2) is 0 Å². The molecule has 0 spiro atoms. The zero-order valence-electron chi connectivity index (χ0n) is 11.2. The van der Waals surface area contributed by atoms with Gasteiger partial charge in [0.25, 0.3) is 0 Å². The van der Waals surface area contributed by atoms with Gasteiger partial charge in [0.05, 0.1) is 22.1 Å². The van der Waals surface area contributed by atoms with Crippen LogP contribution in [0.3, 0.4) is 0 Å². The van der Waals surface area contributed by atoms with Crippen molar-refractivity contribution in [2.45, 2.75) is 11.8 Å². The van der Waals surface area contributed by atoms with Crippen molar-refractivity contribution in [1.82, 2.24) is 0 Å². The van der Waals surface area contributed by atoms with E-state index in [1.165, 1.54) is 6.92 Å². The molecule has 2 aromatic carbocycles. The van der Waals surface area contributed by atoms with Crippen LogP contribution in [0, 0.1) is 0 Å². The van der Waals surface area contributed by atoms with Gasteiger partial charge in [-0.05, 0) is 31.2 Å². The third kappa shape index (κ3) is 3.78. The highest BCUT2D eigenvalue weighted by molar-refractivity contribution is 7.85. The van der Waals surface area contributed by atoms with Crippen molar-refractivity contribution >= 4 is 16.6 Å². The van der Waals surface area contributed by atoms with Gasteiger partial charge in [0.1, 0.15) is 12.4 Å². The number of ether oxygens (including phenoxy) is 1. The minimum Gasteiger partial charge on any atom is -0.492 e. The van der Waals surface area contributed by atoms with Crippen molar-refractivity contribution in [3.63, 3.8) is 0 Å². The highest BCUT2D eigenvalue weighted by atomic mass is 32.2.